The monoisotopic (exact) mass is 405 g/mol. The predicted octanol–water partition coefficient (Wildman–Crippen LogP) is 0.887. The highest BCUT2D eigenvalue weighted by molar-refractivity contribution is 5.81. The maximum absolute atomic E-state index is 12.5. The van der Waals surface area contributed by atoms with Gasteiger partial charge in [0.1, 0.15) is 0 Å². The number of ether oxygens (including phenoxy) is 1. The fourth-order valence-electron chi connectivity index (χ4n) is 3.01. The first-order valence-corrected chi connectivity index (χ1v) is 10.6. The Morgan fingerprint density at radius 2 is 1.79 bits per heavy atom. The van der Waals surface area contributed by atoms with E-state index in [1.54, 1.807) is 25.5 Å². The highest BCUT2D eigenvalue weighted by atomic mass is 16.5. The molecule has 0 atom stereocenters. The fraction of sp³-hybridized carbons (Fsp3) is 0.700. The van der Waals surface area contributed by atoms with Gasteiger partial charge in [0.2, 0.25) is 11.9 Å². The minimum Gasteiger partial charge on any atom is -0.381 e. The van der Waals surface area contributed by atoms with Crippen molar-refractivity contribution in [2.75, 3.05) is 64.4 Å². The number of guanidine groups is 1. The number of aromatic nitrogens is 2. The van der Waals surface area contributed by atoms with Crippen LogP contribution in [-0.4, -0.2) is 86.3 Å². The summed E-state index contributed by atoms with van der Waals surface area (Å²) in [4.78, 5) is 29.2. The average Bonchev–Trinajstić information content (AvgIpc) is 2.77. The molecule has 9 heteroatoms. The lowest BCUT2D eigenvalue weighted by atomic mass is 10.3. The van der Waals surface area contributed by atoms with Crippen LogP contribution >= 0.6 is 0 Å². The van der Waals surface area contributed by atoms with Gasteiger partial charge in [-0.2, -0.15) is 0 Å². The molecule has 2 heterocycles. The van der Waals surface area contributed by atoms with E-state index in [9.17, 15) is 4.79 Å². The van der Waals surface area contributed by atoms with E-state index in [0.717, 1.165) is 64.0 Å². The normalized spacial score (nSPS) is 14.8. The van der Waals surface area contributed by atoms with Gasteiger partial charge in [-0.1, -0.05) is 13.3 Å². The lowest BCUT2D eigenvalue weighted by Crippen LogP contribution is -2.50. The summed E-state index contributed by atoms with van der Waals surface area (Å²) in [5, 5.41) is 6.46. The van der Waals surface area contributed by atoms with Crippen molar-refractivity contribution in [2.24, 2.45) is 4.99 Å². The Kier molecular flexibility index (Phi) is 10.8. The van der Waals surface area contributed by atoms with E-state index in [1.165, 1.54) is 0 Å². The van der Waals surface area contributed by atoms with Crippen molar-refractivity contribution in [3.05, 3.63) is 18.5 Å². The van der Waals surface area contributed by atoms with Crippen molar-refractivity contribution in [3.8, 4) is 0 Å². The molecule has 0 aromatic carbocycles. The van der Waals surface area contributed by atoms with Gasteiger partial charge in [-0.15, -0.1) is 0 Å². The number of piperazine rings is 1. The van der Waals surface area contributed by atoms with Gasteiger partial charge in [0, 0.05) is 78.3 Å². The second kappa shape index (κ2) is 13.7. The third-order valence-corrected chi connectivity index (χ3v) is 4.72. The first-order chi connectivity index (χ1) is 14.2. The van der Waals surface area contributed by atoms with Crippen molar-refractivity contribution < 1.29 is 9.53 Å². The third-order valence-electron chi connectivity index (χ3n) is 4.72. The average molecular weight is 406 g/mol. The van der Waals surface area contributed by atoms with Crippen LogP contribution in [0.15, 0.2) is 23.5 Å². The van der Waals surface area contributed by atoms with Gasteiger partial charge in [0.05, 0.1) is 0 Å². The van der Waals surface area contributed by atoms with E-state index in [4.69, 9.17) is 4.74 Å². The second-order valence-electron chi connectivity index (χ2n) is 6.91. The maximum Gasteiger partial charge on any atom is 0.225 e. The van der Waals surface area contributed by atoms with Gasteiger partial charge in [0.15, 0.2) is 5.96 Å². The van der Waals surface area contributed by atoms with Crippen LogP contribution in [0.5, 0.6) is 0 Å². The standard InChI is InChI=1S/C20H35N7O2/c1-3-4-16-29-17-6-10-22-19(21-2)23-11-7-18(28)26-12-14-27(15-13-26)20-24-8-5-9-25-20/h5,8-9H,3-4,6-7,10-17H2,1-2H3,(H2,21,22,23). The first kappa shape index (κ1) is 22.9. The molecule has 9 nitrogen and oxygen atoms in total. The number of rotatable bonds is 11. The molecular weight excluding hydrogens is 370 g/mol. The molecule has 0 bridgehead atoms. The molecule has 1 aliphatic heterocycles. The molecule has 1 aliphatic rings. The summed E-state index contributed by atoms with van der Waals surface area (Å²) in [5.74, 6) is 1.61. The van der Waals surface area contributed by atoms with E-state index in [-0.39, 0.29) is 5.91 Å². The lowest BCUT2D eigenvalue weighted by Gasteiger charge is -2.34. The SMILES string of the molecule is CCCCOCCCNC(=NC)NCCC(=O)N1CCN(c2ncccn2)CC1. The summed E-state index contributed by atoms with van der Waals surface area (Å²) in [6, 6.07) is 1.81. The lowest BCUT2D eigenvalue weighted by molar-refractivity contribution is -0.131. The van der Waals surface area contributed by atoms with Crippen LogP contribution in [0.1, 0.15) is 32.6 Å². The van der Waals surface area contributed by atoms with Crippen molar-refractivity contribution in [2.45, 2.75) is 32.6 Å². The topological polar surface area (TPSA) is 95.0 Å². The fourth-order valence-corrected chi connectivity index (χ4v) is 3.01. The Bertz CT molecular complexity index is 604. The molecule has 0 spiro atoms. The minimum absolute atomic E-state index is 0.158. The number of amides is 1. The van der Waals surface area contributed by atoms with Gasteiger partial charge in [0.25, 0.3) is 0 Å². The number of carbonyl (C=O) groups excluding carboxylic acids is 1. The van der Waals surface area contributed by atoms with Crippen molar-refractivity contribution in [3.63, 3.8) is 0 Å². The van der Waals surface area contributed by atoms with E-state index in [0.29, 0.717) is 26.1 Å². The summed E-state index contributed by atoms with van der Waals surface area (Å²) < 4.78 is 5.54. The van der Waals surface area contributed by atoms with Crippen LogP contribution in [0.3, 0.4) is 0 Å². The van der Waals surface area contributed by atoms with Gasteiger partial charge < -0.3 is 25.2 Å². The third kappa shape index (κ3) is 8.64. The molecule has 0 saturated carbocycles. The molecular formula is C20H35N7O2. The zero-order valence-electron chi connectivity index (χ0n) is 17.8. The molecule has 0 radical (unpaired) electrons. The van der Waals surface area contributed by atoms with Crippen LogP contribution in [0.4, 0.5) is 5.95 Å². The Morgan fingerprint density at radius 3 is 2.48 bits per heavy atom. The number of unbranched alkanes of at least 4 members (excludes halogenated alkanes) is 1. The molecule has 1 saturated heterocycles. The van der Waals surface area contributed by atoms with Crippen molar-refractivity contribution >= 4 is 17.8 Å². The number of aliphatic imine (C=N–C) groups is 1. The Morgan fingerprint density at radius 1 is 1.10 bits per heavy atom. The van der Waals surface area contributed by atoms with Crippen LogP contribution < -0.4 is 15.5 Å². The highest BCUT2D eigenvalue weighted by Crippen LogP contribution is 2.10. The number of hydrogen-bond donors (Lipinski definition) is 2. The molecule has 1 aromatic rings. The molecule has 29 heavy (non-hydrogen) atoms. The summed E-state index contributed by atoms with van der Waals surface area (Å²) >= 11 is 0. The van der Waals surface area contributed by atoms with Crippen LogP contribution in [0.2, 0.25) is 0 Å². The smallest absolute Gasteiger partial charge is 0.225 e. The van der Waals surface area contributed by atoms with E-state index >= 15 is 0 Å². The van der Waals surface area contributed by atoms with E-state index in [1.807, 2.05) is 4.90 Å². The van der Waals surface area contributed by atoms with Gasteiger partial charge in [-0.3, -0.25) is 9.79 Å². The number of nitrogens with one attached hydrogen (secondary N) is 2. The molecule has 2 N–H and O–H groups in total. The quantitative estimate of drug-likeness (QED) is 0.321. The first-order valence-electron chi connectivity index (χ1n) is 10.6. The van der Waals surface area contributed by atoms with E-state index in [2.05, 4.69) is 37.4 Å². The number of carbonyl (C=O) groups is 1. The predicted molar refractivity (Wildman–Crippen MR) is 115 cm³/mol. The van der Waals surface area contributed by atoms with Gasteiger partial charge in [-0.25, -0.2) is 9.97 Å². The molecule has 1 aromatic heterocycles. The number of anilines is 1. The largest absolute Gasteiger partial charge is 0.381 e. The highest BCUT2D eigenvalue weighted by Gasteiger charge is 2.22. The van der Waals surface area contributed by atoms with E-state index < -0.39 is 0 Å². The molecule has 162 valence electrons. The summed E-state index contributed by atoms with van der Waals surface area (Å²) in [5.41, 5.74) is 0. The summed E-state index contributed by atoms with van der Waals surface area (Å²) in [7, 11) is 1.74. The molecule has 0 unspecified atom stereocenters. The molecule has 1 amide bonds. The summed E-state index contributed by atoms with van der Waals surface area (Å²) in [6.07, 6.45) is 7.13. The summed E-state index contributed by atoms with van der Waals surface area (Å²) in [6.45, 7) is 8.01. The molecule has 2 rings (SSSR count). The second-order valence-corrected chi connectivity index (χ2v) is 6.91. The van der Waals surface area contributed by atoms with Gasteiger partial charge >= 0.3 is 0 Å². The molecule has 1 fully saturated rings. The van der Waals surface area contributed by atoms with Crippen molar-refractivity contribution in [1.82, 2.24) is 25.5 Å². The Hall–Kier alpha value is -2.42. The van der Waals surface area contributed by atoms with Crippen molar-refractivity contribution in [1.29, 1.82) is 0 Å². The maximum atomic E-state index is 12.5. The van der Waals surface area contributed by atoms with Crippen LogP contribution in [-0.2, 0) is 9.53 Å². The van der Waals surface area contributed by atoms with Gasteiger partial charge in [-0.05, 0) is 18.9 Å². The molecule has 0 aliphatic carbocycles. The zero-order valence-corrected chi connectivity index (χ0v) is 17.8. The zero-order chi connectivity index (χ0) is 20.7. The number of nitrogens with zero attached hydrogens (tertiary/aromatic N) is 5. The Balaban J connectivity index is 1.56. The number of hydrogen-bond acceptors (Lipinski definition) is 6. The minimum atomic E-state index is 0.158. The van der Waals surface area contributed by atoms with Crippen LogP contribution in [0, 0.1) is 0 Å². The Labute approximate surface area is 173 Å². The van der Waals surface area contributed by atoms with Crippen LogP contribution in [0.25, 0.3) is 0 Å².